The van der Waals surface area contributed by atoms with E-state index >= 15 is 0 Å². The number of carboxylic acid groups (broad SMARTS) is 1. The lowest BCUT2D eigenvalue weighted by Gasteiger charge is -2.15. The molecule has 1 aromatic rings. The van der Waals surface area contributed by atoms with Crippen LogP contribution in [0.5, 0.6) is 5.88 Å². The van der Waals surface area contributed by atoms with Crippen molar-refractivity contribution in [3.05, 3.63) is 12.4 Å². The predicted molar refractivity (Wildman–Crippen MR) is 58.5 cm³/mol. The average Bonchev–Trinajstić information content (AvgIpc) is 2.28. The summed E-state index contributed by atoms with van der Waals surface area (Å²) in [6.07, 6.45) is 2.14. The zero-order valence-electron chi connectivity index (χ0n) is 9.30. The lowest BCUT2D eigenvalue weighted by Crippen LogP contribution is -2.22. The monoisotopic (exact) mass is 225 g/mol. The van der Waals surface area contributed by atoms with Crippen LogP contribution >= 0.6 is 0 Å². The fourth-order valence-corrected chi connectivity index (χ4v) is 1.25. The zero-order valence-corrected chi connectivity index (χ0v) is 9.30. The number of aliphatic carboxylic acids is 1. The molecule has 1 aromatic heterocycles. The van der Waals surface area contributed by atoms with E-state index < -0.39 is 5.97 Å². The van der Waals surface area contributed by atoms with Gasteiger partial charge >= 0.3 is 5.97 Å². The first-order valence-corrected chi connectivity index (χ1v) is 5.00. The maximum atomic E-state index is 10.6. The minimum absolute atomic E-state index is 0.0584. The molecule has 0 aromatic carbocycles. The van der Waals surface area contributed by atoms with Gasteiger partial charge in [-0.3, -0.25) is 4.79 Å². The first-order chi connectivity index (χ1) is 7.65. The van der Waals surface area contributed by atoms with Gasteiger partial charge in [-0.15, -0.1) is 0 Å². The molecule has 0 saturated heterocycles. The van der Waals surface area contributed by atoms with Crippen LogP contribution < -0.4 is 10.1 Å². The Morgan fingerprint density at radius 2 is 2.38 bits per heavy atom. The first kappa shape index (κ1) is 12.2. The molecule has 1 unspecified atom stereocenters. The van der Waals surface area contributed by atoms with E-state index in [9.17, 15) is 4.79 Å². The number of ether oxygens (including phenoxy) is 1. The molecule has 2 N–H and O–H groups in total. The van der Waals surface area contributed by atoms with Crippen LogP contribution in [0, 0.1) is 0 Å². The molecule has 0 bridgehead atoms. The van der Waals surface area contributed by atoms with Crippen LogP contribution in [0.4, 0.5) is 5.82 Å². The molecule has 88 valence electrons. The van der Waals surface area contributed by atoms with Gasteiger partial charge in [-0.1, -0.05) is 6.92 Å². The zero-order chi connectivity index (χ0) is 12.0. The van der Waals surface area contributed by atoms with Crippen molar-refractivity contribution in [3.8, 4) is 5.88 Å². The Morgan fingerprint density at radius 3 is 2.94 bits per heavy atom. The van der Waals surface area contributed by atoms with Crippen LogP contribution in [0.15, 0.2) is 12.4 Å². The molecule has 1 rings (SSSR count). The average molecular weight is 225 g/mol. The summed E-state index contributed by atoms with van der Waals surface area (Å²) in [6, 6.07) is 1.49. The number of carboxylic acids is 1. The molecule has 0 spiro atoms. The van der Waals surface area contributed by atoms with E-state index in [4.69, 9.17) is 9.84 Å². The van der Waals surface area contributed by atoms with Gasteiger partial charge < -0.3 is 15.2 Å². The quantitative estimate of drug-likeness (QED) is 0.755. The number of methoxy groups -OCH3 is 1. The van der Waals surface area contributed by atoms with Gasteiger partial charge in [0.15, 0.2) is 0 Å². The highest BCUT2D eigenvalue weighted by molar-refractivity contribution is 5.68. The van der Waals surface area contributed by atoms with Crippen LogP contribution in [0.2, 0.25) is 0 Å². The van der Waals surface area contributed by atoms with Crippen LogP contribution in [-0.2, 0) is 4.79 Å². The number of anilines is 1. The van der Waals surface area contributed by atoms with Gasteiger partial charge in [0.05, 0.1) is 13.5 Å². The molecule has 6 heteroatoms. The third kappa shape index (κ3) is 3.72. The molecule has 1 heterocycles. The van der Waals surface area contributed by atoms with E-state index in [0.717, 1.165) is 0 Å². The topological polar surface area (TPSA) is 84.3 Å². The highest BCUT2D eigenvalue weighted by atomic mass is 16.5. The molecule has 0 aliphatic heterocycles. The lowest BCUT2D eigenvalue weighted by atomic mass is 10.1. The van der Waals surface area contributed by atoms with E-state index in [0.29, 0.717) is 18.1 Å². The summed E-state index contributed by atoms with van der Waals surface area (Å²) in [4.78, 5) is 18.4. The molecule has 0 fully saturated rings. The van der Waals surface area contributed by atoms with Gasteiger partial charge in [-0.05, 0) is 6.42 Å². The number of aromatic nitrogens is 2. The van der Waals surface area contributed by atoms with Gasteiger partial charge in [0.1, 0.15) is 12.1 Å². The Balaban J connectivity index is 2.65. The fraction of sp³-hybridized carbons (Fsp3) is 0.500. The maximum Gasteiger partial charge on any atom is 0.305 e. The molecular formula is C10H15N3O3. The van der Waals surface area contributed by atoms with E-state index in [1.807, 2.05) is 6.92 Å². The second-order valence-electron chi connectivity index (χ2n) is 3.29. The van der Waals surface area contributed by atoms with E-state index in [1.165, 1.54) is 13.4 Å². The number of rotatable bonds is 6. The summed E-state index contributed by atoms with van der Waals surface area (Å²) in [5.74, 6) is 0.183. The predicted octanol–water partition coefficient (Wildman–Crippen LogP) is 1.15. The molecule has 0 saturated carbocycles. The maximum absolute atomic E-state index is 10.6. The van der Waals surface area contributed by atoms with Crippen molar-refractivity contribution in [2.75, 3.05) is 12.4 Å². The van der Waals surface area contributed by atoms with Gasteiger partial charge in [0.2, 0.25) is 5.88 Å². The van der Waals surface area contributed by atoms with Crippen molar-refractivity contribution in [3.63, 3.8) is 0 Å². The minimum Gasteiger partial charge on any atom is -0.481 e. The minimum atomic E-state index is -0.833. The van der Waals surface area contributed by atoms with Crippen LogP contribution in [-0.4, -0.2) is 34.2 Å². The second kappa shape index (κ2) is 5.89. The second-order valence-corrected chi connectivity index (χ2v) is 3.29. The number of hydrogen-bond acceptors (Lipinski definition) is 5. The number of nitrogens with zero attached hydrogens (tertiary/aromatic N) is 2. The van der Waals surface area contributed by atoms with Crippen LogP contribution in [0.1, 0.15) is 19.8 Å². The van der Waals surface area contributed by atoms with Crippen LogP contribution in [0.3, 0.4) is 0 Å². The van der Waals surface area contributed by atoms with Crippen molar-refractivity contribution in [2.45, 2.75) is 25.8 Å². The third-order valence-corrected chi connectivity index (χ3v) is 2.12. The largest absolute Gasteiger partial charge is 0.481 e. The van der Waals surface area contributed by atoms with Crippen molar-refractivity contribution in [1.82, 2.24) is 9.97 Å². The summed E-state index contributed by atoms with van der Waals surface area (Å²) in [6.45, 7) is 1.92. The third-order valence-electron chi connectivity index (χ3n) is 2.12. The molecule has 0 aliphatic rings. The standard InChI is InChI=1S/C10H15N3O3/c1-3-7(4-10(14)15)13-8-5-9(16-2)12-6-11-8/h5-7H,3-4H2,1-2H3,(H,14,15)(H,11,12,13). The molecule has 1 atom stereocenters. The van der Waals surface area contributed by atoms with Gasteiger partial charge in [0, 0.05) is 12.1 Å². The number of nitrogens with one attached hydrogen (secondary N) is 1. The number of carbonyl (C=O) groups is 1. The van der Waals surface area contributed by atoms with Crippen molar-refractivity contribution in [2.24, 2.45) is 0 Å². The normalized spacial score (nSPS) is 11.9. The van der Waals surface area contributed by atoms with Crippen molar-refractivity contribution < 1.29 is 14.6 Å². The Hall–Kier alpha value is -1.85. The summed E-state index contributed by atoms with van der Waals surface area (Å²) >= 11 is 0. The van der Waals surface area contributed by atoms with Gasteiger partial charge in [-0.2, -0.15) is 0 Å². The smallest absolute Gasteiger partial charge is 0.305 e. The van der Waals surface area contributed by atoms with Gasteiger partial charge in [-0.25, -0.2) is 9.97 Å². The van der Waals surface area contributed by atoms with E-state index in [1.54, 1.807) is 6.07 Å². The Bertz CT molecular complexity index is 357. The van der Waals surface area contributed by atoms with Gasteiger partial charge in [0.25, 0.3) is 0 Å². The van der Waals surface area contributed by atoms with E-state index in [-0.39, 0.29) is 12.5 Å². The van der Waals surface area contributed by atoms with Crippen LogP contribution in [0.25, 0.3) is 0 Å². The molecular weight excluding hydrogens is 210 g/mol. The lowest BCUT2D eigenvalue weighted by molar-refractivity contribution is -0.137. The highest BCUT2D eigenvalue weighted by Crippen LogP contribution is 2.13. The number of hydrogen-bond donors (Lipinski definition) is 2. The molecule has 0 aliphatic carbocycles. The van der Waals surface area contributed by atoms with Crippen molar-refractivity contribution in [1.29, 1.82) is 0 Å². The van der Waals surface area contributed by atoms with E-state index in [2.05, 4.69) is 15.3 Å². The summed E-state index contributed by atoms with van der Waals surface area (Å²) in [5.41, 5.74) is 0. The molecule has 16 heavy (non-hydrogen) atoms. The first-order valence-electron chi connectivity index (χ1n) is 5.00. The molecule has 6 nitrogen and oxygen atoms in total. The highest BCUT2D eigenvalue weighted by Gasteiger charge is 2.11. The Kier molecular flexibility index (Phi) is 4.50. The Labute approximate surface area is 93.7 Å². The molecule has 0 radical (unpaired) electrons. The summed E-state index contributed by atoms with van der Waals surface area (Å²) in [7, 11) is 1.51. The Morgan fingerprint density at radius 1 is 1.62 bits per heavy atom. The fourth-order valence-electron chi connectivity index (χ4n) is 1.25. The summed E-state index contributed by atoms with van der Waals surface area (Å²) in [5, 5.41) is 11.7. The summed E-state index contributed by atoms with van der Waals surface area (Å²) < 4.78 is 4.94. The SMILES string of the molecule is CCC(CC(=O)O)Nc1cc(OC)ncn1. The molecule has 0 amide bonds. The van der Waals surface area contributed by atoms with Crippen molar-refractivity contribution >= 4 is 11.8 Å².